The van der Waals surface area contributed by atoms with Gasteiger partial charge in [0, 0.05) is 68.7 Å². The highest BCUT2D eigenvalue weighted by atomic mass is 16.5. The molecule has 6 aromatic rings. The summed E-state index contributed by atoms with van der Waals surface area (Å²) in [6, 6.07) is 9.44. The molecule has 0 aliphatic rings. The van der Waals surface area contributed by atoms with Gasteiger partial charge in [-0.05, 0) is 71.1 Å². The van der Waals surface area contributed by atoms with E-state index in [1.54, 1.807) is 56.8 Å². The molecule has 4 heterocycles. The molecular weight excluding hydrogens is 873 g/mol. The van der Waals surface area contributed by atoms with E-state index in [-0.39, 0.29) is 48.5 Å². The Labute approximate surface area is 393 Å². The summed E-state index contributed by atoms with van der Waals surface area (Å²) in [5.74, 6) is 4.58. The van der Waals surface area contributed by atoms with Crippen LogP contribution in [0.5, 0.6) is 11.5 Å². The van der Waals surface area contributed by atoms with Crippen LogP contribution in [0, 0.1) is 13.8 Å². The van der Waals surface area contributed by atoms with E-state index in [1.807, 2.05) is 53.0 Å². The van der Waals surface area contributed by atoms with Crippen LogP contribution >= 0.6 is 0 Å². The van der Waals surface area contributed by atoms with Crippen molar-refractivity contribution in [3.63, 3.8) is 0 Å². The lowest BCUT2D eigenvalue weighted by molar-refractivity contribution is 0.0991. The molecule has 4 aromatic heterocycles. The number of rotatable bonds is 22. The van der Waals surface area contributed by atoms with Crippen LogP contribution in [0.4, 0.5) is 11.9 Å². The number of allylic oxidation sites excluding steroid dienone is 3. The van der Waals surface area contributed by atoms with E-state index in [2.05, 4.69) is 26.1 Å². The first-order chi connectivity index (χ1) is 32.6. The van der Waals surface area contributed by atoms with E-state index >= 15 is 0 Å². The molecule has 0 radical (unpaired) electrons. The number of hydrogen-bond acceptors (Lipinski definition) is 14. The van der Waals surface area contributed by atoms with Gasteiger partial charge in [-0.3, -0.25) is 39.2 Å². The summed E-state index contributed by atoms with van der Waals surface area (Å²) in [5.41, 5.74) is 22.0. The van der Waals surface area contributed by atoms with Gasteiger partial charge in [-0.15, -0.1) is 0 Å². The molecule has 0 aliphatic heterocycles. The number of aromatic nitrogens is 8. The molecule has 22 nitrogen and oxygen atoms in total. The molecule has 0 aliphatic carbocycles. The van der Waals surface area contributed by atoms with Gasteiger partial charge in [-0.2, -0.15) is 10.2 Å². The largest absolute Gasteiger partial charge is 0.494 e. The van der Waals surface area contributed by atoms with Crippen LogP contribution in [0.1, 0.15) is 87.2 Å². The van der Waals surface area contributed by atoms with Crippen LogP contribution in [-0.2, 0) is 26.2 Å². The lowest BCUT2D eigenvalue weighted by atomic mass is 10.1. The minimum atomic E-state index is -0.703. The number of anilines is 2. The fourth-order valence-corrected chi connectivity index (χ4v) is 7.18. The zero-order chi connectivity index (χ0) is 49.7. The number of benzene rings is 2. The first-order valence-corrected chi connectivity index (χ1v) is 22.1. The van der Waals surface area contributed by atoms with Crippen LogP contribution in [0.15, 0.2) is 72.6 Å². The Hall–Kier alpha value is -7.98. The average molecular weight is 935 g/mol. The maximum atomic E-state index is 13.8. The van der Waals surface area contributed by atoms with Crippen molar-refractivity contribution in [2.75, 3.05) is 44.5 Å². The fraction of sp³-hybridized carbons (Fsp3) is 0.348. The molecular formula is C46H62N16O6. The van der Waals surface area contributed by atoms with E-state index in [0.717, 1.165) is 0 Å². The number of carbonyl (C=O) groups is 4. The molecule has 68 heavy (non-hydrogen) atoms. The van der Waals surface area contributed by atoms with Crippen molar-refractivity contribution in [2.45, 2.75) is 74.1 Å². The summed E-state index contributed by atoms with van der Waals surface area (Å²) in [5, 5.41) is 19.2. The number of fused-ring (bicyclic) bond motifs is 2. The first-order valence-electron chi connectivity index (χ1n) is 22.1. The molecule has 0 spiro atoms. The zero-order valence-electron chi connectivity index (χ0n) is 39.8. The van der Waals surface area contributed by atoms with E-state index in [1.165, 1.54) is 36.4 Å². The monoisotopic (exact) mass is 935 g/mol. The van der Waals surface area contributed by atoms with Crippen molar-refractivity contribution in [2.24, 2.45) is 23.0 Å². The SMILES string of the molecule is CC.CCn1nc(C)cc1C(=O)Nc1nc2cc(C(N)=O)cc(OC)c2n1C/C=C/Cn1c(NC(=O)c2cc(C)nn2CC)nc2cc(C(N)=O)cc(OC/C=C/C/C(N)=C/N(N)CCNC)c21. The van der Waals surface area contributed by atoms with Crippen LogP contribution in [-0.4, -0.2) is 101 Å². The Kier molecular flexibility index (Phi) is 17.6. The minimum absolute atomic E-state index is 0.0779. The highest BCUT2D eigenvalue weighted by Crippen LogP contribution is 2.33. The lowest BCUT2D eigenvalue weighted by Gasteiger charge is -2.14. The number of nitrogens with zero attached hydrogens (tertiary/aromatic N) is 9. The molecule has 0 saturated heterocycles. The maximum absolute atomic E-state index is 13.8. The number of methoxy groups -OCH3 is 1. The molecule has 362 valence electrons. The Bertz CT molecular complexity index is 2860. The number of aryl methyl sites for hydroxylation is 4. The zero-order valence-corrected chi connectivity index (χ0v) is 39.8. The number of primary amides is 2. The van der Waals surface area contributed by atoms with Gasteiger partial charge in [0.1, 0.15) is 40.5 Å². The minimum Gasteiger partial charge on any atom is -0.494 e. The summed E-state index contributed by atoms with van der Waals surface area (Å²) in [4.78, 5) is 61.8. The van der Waals surface area contributed by atoms with Crippen molar-refractivity contribution in [3.05, 3.63) is 107 Å². The highest BCUT2D eigenvalue weighted by Gasteiger charge is 2.23. The van der Waals surface area contributed by atoms with Crippen molar-refractivity contribution in [1.82, 2.24) is 49.0 Å². The van der Waals surface area contributed by atoms with Gasteiger partial charge in [0.15, 0.2) is 0 Å². The van der Waals surface area contributed by atoms with Gasteiger partial charge in [0.25, 0.3) is 11.8 Å². The van der Waals surface area contributed by atoms with Crippen molar-refractivity contribution in [1.29, 1.82) is 0 Å². The van der Waals surface area contributed by atoms with Gasteiger partial charge in [0.2, 0.25) is 23.7 Å². The smallest absolute Gasteiger partial charge is 0.276 e. The third-order valence-electron chi connectivity index (χ3n) is 10.3. The van der Waals surface area contributed by atoms with E-state index in [9.17, 15) is 19.2 Å². The normalized spacial score (nSPS) is 11.6. The number of likely N-dealkylation sites (N-methyl/N-ethyl adjacent to an activating group) is 1. The lowest BCUT2D eigenvalue weighted by Crippen LogP contribution is -2.32. The second-order valence-corrected chi connectivity index (χ2v) is 15.1. The summed E-state index contributed by atoms with van der Waals surface area (Å²) in [6.45, 7) is 13.9. The molecule has 2 aromatic carbocycles. The van der Waals surface area contributed by atoms with Gasteiger partial charge in [-0.25, -0.2) is 15.8 Å². The van der Waals surface area contributed by atoms with Crippen LogP contribution in [0.25, 0.3) is 22.1 Å². The molecule has 11 N–H and O–H groups in total. The number of nitrogens with two attached hydrogens (primary N) is 4. The van der Waals surface area contributed by atoms with E-state index < -0.39 is 23.6 Å². The third-order valence-corrected chi connectivity index (χ3v) is 10.3. The van der Waals surface area contributed by atoms with Gasteiger partial charge in [0.05, 0.1) is 29.5 Å². The Morgan fingerprint density at radius 1 is 0.721 bits per heavy atom. The molecule has 0 bridgehead atoms. The first kappa shape index (κ1) is 51.0. The molecule has 4 amide bonds. The standard InChI is InChI=1S/C44H56N16O6.C2H6/c1-7-59-33(19-26(3)54-59)41(63)52-43-50-31-21-28(39(46)61)23-35(65-6)37(31)57(43)15-10-11-16-58-38-32(51-44(58)53-42(64)34-20-27(4)55-60(34)8-2)22-29(40(47)62)24-36(38)66-18-12-9-13-30(45)25-56(48)17-14-49-5;1-2/h9-12,19-25,49H,7-8,13-18,45,48H2,1-6H3,(H2,46,61)(H2,47,62)(H,50,52,63)(H,51,53,64);1-2H3/b11-10+,12-9+,30-25-;. The molecule has 0 unspecified atom stereocenters. The van der Waals surface area contributed by atoms with Crippen molar-refractivity contribution >= 4 is 57.6 Å². The number of nitrogens with one attached hydrogen (secondary N) is 3. The van der Waals surface area contributed by atoms with Crippen LogP contribution in [0.2, 0.25) is 0 Å². The number of ether oxygens (including phenoxy) is 2. The number of carbonyl (C=O) groups excluding carboxylic acids is 4. The topological polar surface area (TPSA) is 301 Å². The molecule has 0 atom stereocenters. The van der Waals surface area contributed by atoms with E-state index in [0.29, 0.717) is 88.9 Å². The number of hydrazine groups is 1. The van der Waals surface area contributed by atoms with Gasteiger partial charge in [-0.1, -0.05) is 38.2 Å². The molecule has 22 heteroatoms. The predicted octanol–water partition coefficient (Wildman–Crippen LogP) is 3.95. The number of hydrogen-bond donors (Lipinski definition) is 7. The molecule has 6 rings (SSSR count). The average Bonchev–Trinajstić information content (AvgIpc) is 4.09. The van der Waals surface area contributed by atoms with Crippen molar-refractivity contribution in [3.8, 4) is 11.5 Å². The summed E-state index contributed by atoms with van der Waals surface area (Å²) >= 11 is 0. The second-order valence-electron chi connectivity index (χ2n) is 15.1. The number of amides is 4. The Morgan fingerprint density at radius 3 is 1.66 bits per heavy atom. The summed E-state index contributed by atoms with van der Waals surface area (Å²) < 4.78 is 18.6. The predicted molar refractivity (Wildman–Crippen MR) is 261 cm³/mol. The fourth-order valence-electron chi connectivity index (χ4n) is 7.18. The molecule has 0 fully saturated rings. The second kappa shape index (κ2) is 23.5. The summed E-state index contributed by atoms with van der Waals surface area (Å²) in [6.07, 6.45) is 9.32. The summed E-state index contributed by atoms with van der Waals surface area (Å²) in [7, 11) is 3.29. The maximum Gasteiger partial charge on any atom is 0.276 e. The quantitative estimate of drug-likeness (QED) is 0.0288. The van der Waals surface area contributed by atoms with Gasteiger partial charge >= 0.3 is 0 Å². The van der Waals surface area contributed by atoms with Crippen LogP contribution in [0.3, 0.4) is 0 Å². The van der Waals surface area contributed by atoms with Crippen LogP contribution < -0.4 is 48.5 Å². The number of imidazole rings is 2. The Balaban J connectivity index is 0.00000426. The Morgan fingerprint density at radius 2 is 1.21 bits per heavy atom. The highest BCUT2D eigenvalue weighted by molar-refractivity contribution is 6.05. The van der Waals surface area contributed by atoms with E-state index in [4.69, 9.17) is 42.5 Å². The van der Waals surface area contributed by atoms with Crippen molar-refractivity contribution < 1.29 is 28.7 Å². The van der Waals surface area contributed by atoms with Gasteiger partial charge < -0.3 is 46.1 Å². The molecule has 0 saturated carbocycles. The third kappa shape index (κ3) is 12.1.